The standard InChI is InChI=1S/C20H23FN2OS/c21-15-8-6-14(7-9-15)20(24)22-16-11-17-3-1-4-18(12-16)23(17)13-19-5-2-10-25-19/h2,5-10,16-18H,1,3-4,11-13H2,(H,22,24)/t17-,18-/m1/s1. The van der Waals surface area contributed by atoms with Gasteiger partial charge in [0.05, 0.1) is 0 Å². The lowest BCUT2D eigenvalue weighted by Gasteiger charge is -2.49. The molecule has 3 nitrogen and oxygen atoms in total. The Kier molecular flexibility index (Phi) is 4.86. The van der Waals surface area contributed by atoms with E-state index in [1.54, 1.807) is 12.1 Å². The number of benzene rings is 1. The second-order valence-corrected chi connectivity index (χ2v) is 8.17. The first-order chi connectivity index (χ1) is 12.2. The largest absolute Gasteiger partial charge is 0.349 e. The van der Waals surface area contributed by atoms with E-state index >= 15 is 0 Å². The summed E-state index contributed by atoms with van der Waals surface area (Å²) in [6, 6.07) is 11.4. The molecular weight excluding hydrogens is 335 g/mol. The van der Waals surface area contributed by atoms with E-state index in [4.69, 9.17) is 0 Å². The lowest BCUT2D eigenvalue weighted by Crippen LogP contribution is -2.56. The van der Waals surface area contributed by atoms with Crippen LogP contribution >= 0.6 is 11.3 Å². The summed E-state index contributed by atoms with van der Waals surface area (Å²) in [5.41, 5.74) is 0.535. The van der Waals surface area contributed by atoms with Crippen molar-refractivity contribution in [3.05, 3.63) is 58.0 Å². The SMILES string of the molecule is O=C(NC1C[C@H]2CCC[C@H](C1)N2Cc1cccs1)c1ccc(F)cc1. The number of nitrogens with zero attached hydrogens (tertiary/aromatic N) is 1. The van der Waals surface area contributed by atoms with E-state index in [1.807, 2.05) is 11.3 Å². The van der Waals surface area contributed by atoms with Crippen LogP contribution in [0.25, 0.3) is 0 Å². The summed E-state index contributed by atoms with van der Waals surface area (Å²) < 4.78 is 13.0. The van der Waals surface area contributed by atoms with Crippen molar-refractivity contribution in [3.63, 3.8) is 0 Å². The summed E-state index contributed by atoms with van der Waals surface area (Å²) in [6.07, 6.45) is 5.73. The van der Waals surface area contributed by atoms with Crippen molar-refractivity contribution in [1.29, 1.82) is 0 Å². The number of nitrogens with one attached hydrogen (secondary N) is 1. The van der Waals surface area contributed by atoms with E-state index in [-0.39, 0.29) is 17.8 Å². The van der Waals surface area contributed by atoms with Gasteiger partial charge in [-0.15, -0.1) is 11.3 Å². The molecular formula is C20H23FN2OS. The Morgan fingerprint density at radius 2 is 1.88 bits per heavy atom. The topological polar surface area (TPSA) is 32.3 Å². The molecule has 2 bridgehead atoms. The van der Waals surface area contributed by atoms with E-state index < -0.39 is 0 Å². The van der Waals surface area contributed by atoms with Gasteiger partial charge >= 0.3 is 0 Å². The van der Waals surface area contributed by atoms with Crippen molar-refractivity contribution in [2.45, 2.75) is 56.8 Å². The zero-order valence-electron chi connectivity index (χ0n) is 14.2. The lowest BCUT2D eigenvalue weighted by atomic mass is 9.81. The Bertz CT molecular complexity index is 702. The Labute approximate surface area is 151 Å². The van der Waals surface area contributed by atoms with Gasteiger partial charge in [-0.1, -0.05) is 12.5 Å². The normalized spacial score (nSPS) is 26.4. The number of fused-ring (bicyclic) bond motifs is 2. The Morgan fingerprint density at radius 3 is 2.52 bits per heavy atom. The first-order valence-electron chi connectivity index (χ1n) is 9.03. The molecule has 0 saturated carbocycles. The molecule has 1 amide bonds. The van der Waals surface area contributed by atoms with Crippen LogP contribution < -0.4 is 5.32 Å². The van der Waals surface area contributed by atoms with Gasteiger partial charge in [-0.3, -0.25) is 9.69 Å². The summed E-state index contributed by atoms with van der Waals surface area (Å²) in [6.45, 7) is 1.03. The highest BCUT2D eigenvalue weighted by Gasteiger charge is 2.38. The lowest BCUT2D eigenvalue weighted by molar-refractivity contribution is 0.0184. The highest BCUT2D eigenvalue weighted by Crippen LogP contribution is 2.35. The molecule has 4 rings (SSSR count). The minimum Gasteiger partial charge on any atom is -0.349 e. The zero-order chi connectivity index (χ0) is 17.2. The van der Waals surface area contributed by atoms with Crippen molar-refractivity contribution >= 4 is 17.2 Å². The number of hydrogen-bond acceptors (Lipinski definition) is 3. The third-order valence-corrected chi connectivity index (χ3v) is 6.35. The van der Waals surface area contributed by atoms with Crippen LogP contribution in [0.3, 0.4) is 0 Å². The third-order valence-electron chi connectivity index (χ3n) is 5.49. The predicted molar refractivity (Wildman–Crippen MR) is 98.2 cm³/mol. The second-order valence-electron chi connectivity index (χ2n) is 7.14. The summed E-state index contributed by atoms with van der Waals surface area (Å²) in [5.74, 6) is -0.400. The Morgan fingerprint density at radius 1 is 1.16 bits per heavy atom. The molecule has 2 aromatic rings. The van der Waals surface area contributed by atoms with Gasteiger partial charge in [0.1, 0.15) is 5.82 Å². The van der Waals surface area contributed by atoms with E-state index in [9.17, 15) is 9.18 Å². The molecule has 0 aliphatic carbocycles. The van der Waals surface area contributed by atoms with Crippen molar-refractivity contribution in [1.82, 2.24) is 10.2 Å². The van der Waals surface area contributed by atoms with Crippen LogP contribution in [0.4, 0.5) is 4.39 Å². The van der Waals surface area contributed by atoms with Crippen molar-refractivity contribution in [3.8, 4) is 0 Å². The summed E-state index contributed by atoms with van der Waals surface area (Å²) in [4.78, 5) is 16.5. The monoisotopic (exact) mass is 358 g/mol. The van der Waals surface area contributed by atoms with Gasteiger partial charge in [0.15, 0.2) is 0 Å². The van der Waals surface area contributed by atoms with E-state index in [0.29, 0.717) is 17.6 Å². The fourth-order valence-corrected chi connectivity index (χ4v) is 5.02. The Balaban J connectivity index is 1.40. The maximum Gasteiger partial charge on any atom is 0.251 e. The molecule has 5 heteroatoms. The highest BCUT2D eigenvalue weighted by atomic mass is 32.1. The molecule has 0 spiro atoms. The quantitative estimate of drug-likeness (QED) is 0.888. The molecule has 1 aromatic carbocycles. The maximum atomic E-state index is 13.0. The molecule has 0 unspecified atom stereocenters. The smallest absolute Gasteiger partial charge is 0.251 e. The predicted octanol–water partition coefficient (Wildman–Crippen LogP) is 4.20. The average molecular weight is 358 g/mol. The maximum absolute atomic E-state index is 13.0. The van der Waals surface area contributed by atoms with Gasteiger partial charge in [0.2, 0.25) is 0 Å². The molecule has 1 N–H and O–H groups in total. The molecule has 3 heterocycles. The molecule has 2 aliphatic rings. The number of thiophene rings is 1. The number of rotatable bonds is 4. The fraction of sp³-hybridized carbons (Fsp3) is 0.450. The number of halogens is 1. The van der Waals surface area contributed by atoms with Crippen LogP contribution in [0.5, 0.6) is 0 Å². The van der Waals surface area contributed by atoms with E-state index in [1.165, 1.54) is 36.3 Å². The fourth-order valence-electron chi connectivity index (χ4n) is 4.31. The van der Waals surface area contributed by atoms with Gasteiger partial charge in [-0.2, -0.15) is 0 Å². The first-order valence-corrected chi connectivity index (χ1v) is 9.91. The van der Waals surface area contributed by atoms with Crippen molar-refractivity contribution in [2.24, 2.45) is 0 Å². The molecule has 2 fully saturated rings. The van der Waals surface area contributed by atoms with Gasteiger partial charge in [0, 0.05) is 35.1 Å². The van der Waals surface area contributed by atoms with Crippen LogP contribution in [0.1, 0.15) is 47.3 Å². The Hall–Kier alpha value is -1.72. The summed E-state index contributed by atoms with van der Waals surface area (Å²) in [5, 5.41) is 5.32. The minimum absolute atomic E-state index is 0.0882. The van der Waals surface area contributed by atoms with Crippen molar-refractivity contribution < 1.29 is 9.18 Å². The molecule has 2 atom stereocenters. The molecule has 0 radical (unpaired) electrons. The number of carbonyl (C=O) groups excluding carboxylic acids is 1. The molecule has 2 aliphatic heterocycles. The second kappa shape index (κ2) is 7.26. The summed E-state index contributed by atoms with van der Waals surface area (Å²) in [7, 11) is 0. The van der Waals surface area contributed by atoms with Crippen LogP contribution in [0.15, 0.2) is 41.8 Å². The highest BCUT2D eigenvalue weighted by molar-refractivity contribution is 7.09. The van der Waals surface area contributed by atoms with E-state index in [0.717, 1.165) is 19.4 Å². The minimum atomic E-state index is -0.312. The number of piperidine rings is 2. The van der Waals surface area contributed by atoms with Crippen LogP contribution in [0, 0.1) is 5.82 Å². The molecule has 1 aromatic heterocycles. The van der Waals surface area contributed by atoms with Crippen molar-refractivity contribution in [2.75, 3.05) is 0 Å². The number of amides is 1. The van der Waals surface area contributed by atoms with Crippen LogP contribution in [0.2, 0.25) is 0 Å². The van der Waals surface area contributed by atoms with Gasteiger partial charge in [-0.25, -0.2) is 4.39 Å². The number of hydrogen-bond donors (Lipinski definition) is 1. The molecule has 132 valence electrons. The van der Waals surface area contributed by atoms with Gasteiger partial charge in [0.25, 0.3) is 5.91 Å². The number of carbonyl (C=O) groups is 1. The van der Waals surface area contributed by atoms with Gasteiger partial charge < -0.3 is 5.32 Å². The van der Waals surface area contributed by atoms with Crippen LogP contribution in [-0.2, 0) is 6.54 Å². The molecule has 25 heavy (non-hydrogen) atoms. The van der Waals surface area contributed by atoms with Gasteiger partial charge in [-0.05, 0) is 61.4 Å². The van der Waals surface area contributed by atoms with Crippen LogP contribution in [-0.4, -0.2) is 28.9 Å². The first kappa shape index (κ1) is 16.7. The zero-order valence-corrected chi connectivity index (χ0v) is 15.0. The van der Waals surface area contributed by atoms with E-state index in [2.05, 4.69) is 27.7 Å². The third kappa shape index (κ3) is 3.77. The molecule has 2 saturated heterocycles. The summed E-state index contributed by atoms with van der Waals surface area (Å²) >= 11 is 1.82. The average Bonchev–Trinajstić information content (AvgIpc) is 3.09.